The van der Waals surface area contributed by atoms with E-state index in [1.807, 2.05) is 6.92 Å². The van der Waals surface area contributed by atoms with Crippen LogP contribution in [0, 0.1) is 0 Å². The second-order valence-corrected chi connectivity index (χ2v) is 4.14. The zero-order valence-corrected chi connectivity index (χ0v) is 10.7. The van der Waals surface area contributed by atoms with Gasteiger partial charge in [-0.05, 0) is 19.0 Å². The zero-order chi connectivity index (χ0) is 14.3. The molecular weight excluding hydrogens is 259 g/mol. The van der Waals surface area contributed by atoms with Crippen LogP contribution in [0.2, 0.25) is 0 Å². The fraction of sp³-hybridized carbons (Fsp3) is 0.583. The van der Waals surface area contributed by atoms with Gasteiger partial charge in [-0.15, -0.1) is 0 Å². The van der Waals surface area contributed by atoms with Gasteiger partial charge in [0.1, 0.15) is 6.61 Å². The molecule has 1 atom stereocenters. The van der Waals surface area contributed by atoms with Crippen LogP contribution in [-0.2, 0) is 4.74 Å². The average molecular weight is 277 g/mol. The Morgan fingerprint density at radius 3 is 2.79 bits per heavy atom. The molecule has 0 aromatic carbocycles. The molecule has 0 radical (unpaired) electrons. The summed E-state index contributed by atoms with van der Waals surface area (Å²) in [5.41, 5.74) is 6.93. The number of hydrogen-bond acceptors (Lipinski definition) is 4. The van der Waals surface area contributed by atoms with Gasteiger partial charge in [0.05, 0.1) is 12.6 Å². The third kappa shape index (κ3) is 5.89. The van der Waals surface area contributed by atoms with Crippen molar-refractivity contribution in [3.8, 4) is 0 Å². The molecule has 0 aliphatic rings. The van der Waals surface area contributed by atoms with E-state index < -0.39 is 18.8 Å². The zero-order valence-electron chi connectivity index (χ0n) is 10.7. The summed E-state index contributed by atoms with van der Waals surface area (Å²) in [6.45, 7) is 1.26. The summed E-state index contributed by atoms with van der Waals surface area (Å²) in [5, 5.41) is 3.10. The molecule has 1 heterocycles. The SMILES string of the molecule is CCCNC(COCC(F)(F)F)c1cnccc1N. The van der Waals surface area contributed by atoms with E-state index in [2.05, 4.69) is 10.3 Å². The largest absolute Gasteiger partial charge is 0.411 e. The predicted octanol–water partition coefficient (Wildman–Crippen LogP) is 2.28. The van der Waals surface area contributed by atoms with Crippen molar-refractivity contribution in [2.24, 2.45) is 0 Å². The Labute approximate surface area is 110 Å². The number of alkyl halides is 3. The van der Waals surface area contributed by atoms with E-state index in [9.17, 15) is 13.2 Å². The minimum Gasteiger partial charge on any atom is -0.398 e. The first-order valence-corrected chi connectivity index (χ1v) is 6.01. The highest BCUT2D eigenvalue weighted by atomic mass is 19.4. The number of nitrogens with two attached hydrogens (primary N) is 1. The first-order valence-electron chi connectivity index (χ1n) is 6.01. The number of nitrogens with zero attached hydrogens (tertiary/aromatic N) is 1. The minimum atomic E-state index is -4.32. The Kier molecular flexibility index (Phi) is 6.04. The standard InChI is InChI=1S/C12H18F3N3O/c1-2-4-18-11(7-19-8-12(13,14)15)9-6-17-5-3-10(9)16/h3,5-6,11,18H,2,4,7-8H2,1H3,(H2,16,17). The van der Waals surface area contributed by atoms with Crippen molar-refractivity contribution >= 4 is 5.69 Å². The van der Waals surface area contributed by atoms with Crippen molar-refractivity contribution in [3.63, 3.8) is 0 Å². The molecule has 3 N–H and O–H groups in total. The maximum atomic E-state index is 12.1. The highest BCUT2D eigenvalue weighted by molar-refractivity contribution is 5.46. The normalized spacial score (nSPS) is 13.5. The molecule has 1 aromatic heterocycles. The molecule has 0 spiro atoms. The van der Waals surface area contributed by atoms with Crippen LogP contribution in [0.25, 0.3) is 0 Å². The van der Waals surface area contributed by atoms with Gasteiger partial charge in [0, 0.05) is 23.6 Å². The summed E-state index contributed by atoms with van der Waals surface area (Å²) in [6.07, 6.45) is -0.391. The Hall–Kier alpha value is -1.34. The molecule has 4 nitrogen and oxygen atoms in total. The first-order chi connectivity index (χ1) is 8.94. The lowest BCUT2D eigenvalue weighted by molar-refractivity contribution is -0.175. The Balaban J connectivity index is 2.64. The van der Waals surface area contributed by atoms with E-state index in [1.54, 1.807) is 12.3 Å². The van der Waals surface area contributed by atoms with Crippen LogP contribution in [0.15, 0.2) is 18.5 Å². The molecule has 1 unspecified atom stereocenters. The number of pyridine rings is 1. The predicted molar refractivity (Wildman–Crippen MR) is 66.6 cm³/mol. The molecular formula is C12H18F3N3O. The van der Waals surface area contributed by atoms with Gasteiger partial charge in [0.25, 0.3) is 0 Å². The summed E-state index contributed by atoms with van der Waals surface area (Å²) < 4.78 is 40.9. The summed E-state index contributed by atoms with van der Waals surface area (Å²) in [5.74, 6) is 0. The van der Waals surface area contributed by atoms with Crippen LogP contribution in [0.1, 0.15) is 24.9 Å². The lowest BCUT2D eigenvalue weighted by atomic mass is 10.1. The number of rotatable bonds is 7. The second-order valence-electron chi connectivity index (χ2n) is 4.14. The van der Waals surface area contributed by atoms with Gasteiger partial charge in [-0.25, -0.2) is 0 Å². The number of ether oxygens (including phenoxy) is 1. The maximum Gasteiger partial charge on any atom is 0.411 e. The molecule has 1 rings (SSSR count). The third-order valence-corrected chi connectivity index (χ3v) is 2.45. The number of nitrogen functional groups attached to an aromatic ring is 1. The summed E-state index contributed by atoms with van der Waals surface area (Å²) in [7, 11) is 0. The fourth-order valence-electron chi connectivity index (χ4n) is 1.58. The Morgan fingerprint density at radius 2 is 2.21 bits per heavy atom. The van der Waals surface area contributed by atoms with Gasteiger partial charge in [-0.1, -0.05) is 6.92 Å². The van der Waals surface area contributed by atoms with Crippen molar-refractivity contribution in [2.45, 2.75) is 25.6 Å². The quantitative estimate of drug-likeness (QED) is 0.802. The molecule has 0 aliphatic heterocycles. The summed E-state index contributed by atoms with van der Waals surface area (Å²) in [6, 6.07) is 1.22. The molecule has 0 fully saturated rings. The minimum absolute atomic E-state index is 0.102. The topological polar surface area (TPSA) is 60.2 Å². The lowest BCUT2D eigenvalue weighted by Gasteiger charge is -2.20. The number of aromatic nitrogens is 1. The summed E-state index contributed by atoms with van der Waals surface area (Å²) >= 11 is 0. The van der Waals surface area contributed by atoms with E-state index >= 15 is 0 Å². The van der Waals surface area contributed by atoms with Crippen molar-refractivity contribution in [3.05, 3.63) is 24.0 Å². The van der Waals surface area contributed by atoms with Crippen LogP contribution in [0.5, 0.6) is 0 Å². The summed E-state index contributed by atoms with van der Waals surface area (Å²) in [4.78, 5) is 3.93. The lowest BCUT2D eigenvalue weighted by Crippen LogP contribution is -2.29. The first kappa shape index (κ1) is 15.7. The molecule has 0 aliphatic carbocycles. The number of nitrogens with one attached hydrogen (secondary N) is 1. The van der Waals surface area contributed by atoms with Crippen molar-refractivity contribution in [1.82, 2.24) is 10.3 Å². The Morgan fingerprint density at radius 1 is 1.47 bits per heavy atom. The van der Waals surface area contributed by atoms with Crippen molar-refractivity contribution in [2.75, 3.05) is 25.5 Å². The van der Waals surface area contributed by atoms with Gasteiger partial charge in [-0.3, -0.25) is 4.98 Å². The highest BCUT2D eigenvalue weighted by Crippen LogP contribution is 2.21. The van der Waals surface area contributed by atoms with Gasteiger partial charge < -0.3 is 15.8 Å². The molecule has 1 aromatic rings. The average Bonchev–Trinajstić information content (AvgIpc) is 2.33. The molecule has 0 bridgehead atoms. The number of hydrogen-bond donors (Lipinski definition) is 2. The molecule has 0 saturated carbocycles. The van der Waals surface area contributed by atoms with Crippen LogP contribution in [0.3, 0.4) is 0 Å². The van der Waals surface area contributed by atoms with Gasteiger partial charge in [0.15, 0.2) is 0 Å². The van der Waals surface area contributed by atoms with Gasteiger partial charge in [-0.2, -0.15) is 13.2 Å². The third-order valence-electron chi connectivity index (χ3n) is 2.45. The van der Waals surface area contributed by atoms with Gasteiger partial charge >= 0.3 is 6.18 Å². The monoisotopic (exact) mass is 277 g/mol. The molecule has 0 amide bonds. The highest BCUT2D eigenvalue weighted by Gasteiger charge is 2.28. The molecule has 108 valence electrons. The van der Waals surface area contributed by atoms with E-state index in [1.165, 1.54) is 6.20 Å². The number of halogens is 3. The smallest absolute Gasteiger partial charge is 0.398 e. The fourth-order valence-corrected chi connectivity index (χ4v) is 1.58. The molecule has 19 heavy (non-hydrogen) atoms. The van der Waals surface area contributed by atoms with Crippen molar-refractivity contribution in [1.29, 1.82) is 0 Å². The molecule has 0 saturated heterocycles. The van der Waals surface area contributed by atoms with E-state index in [0.717, 1.165) is 6.42 Å². The van der Waals surface area contributed by atoms with Crippen LogP contribution >= 0.6 is 0 Å². The van der Waals surface area contributed by atoms with E-state index in [-0.39, 0.29) is 6.61 Å². The van der Waals surface area contributed by atoms with Crippen LogP contribution in [0.4, 0.5) is 18.9 Å². The maximum absolute atomic E-state index is 12.1. The number of anilines is 1. The van der Waals surface area contributed by atoms with Crippen LogP contribution in [-0.4, -0.2) is 30.9 Å². The Bertz CT molecular complexity index is 385. The van der Waals surface area contributed by atoms with Crippen molar-refractivity contribution < 1.29 is 17.9 Å². The van der Waals surface area contributed by atoms with Crippen LogP contribution < -0.4 is 11.1 Å². The van der Waals surface area contributed by atoms with E-state index in [4.69, 9.17) is 10.5 Å². The van der Waals surface area contributed by atoms with E-state index in [0.29, 0.717) is 17.8 Å². The van der Waals surface area contributed by atoms with Gasteiger partial charge in [0.2, 0.25) is 0 Å². The molecule has 7 heteroatoms. The second kappa shape index (κ2) is 7.30.